The summed E-state index contributed by atoms with van der Waals surface area (Å²) in [4.78, 5) is 11.4. The van der Waals surface area contributed by atoms with Gasteiger partial charge in [0.05, 0.1) is 0 Å². The first-order valence-electron chi connectivity index (χ1n) is 3.58. The molecule has 1 unspecified atom stereocenters. The Bertz CT molecular complexity index is 248. The summed E-state index contributed by atoms with van der Waals surface area (Å²) in [5, 5.41) is 8.47. The molecule has 1 aromatic rings. The summed E-state index contributed by atoms with van der Waals surface area (Å²) in [7, 11) is 0. The third-order valence-electron chi connectivity index (χ3n) is 1.51. The molecule has 0 radical (unpaired) electrons. The molecule has 0 amide bonds. The quantitative estimate of drug-likeness (QED) is 0.717. The van der Waals surface area contributed by atoms with E-state index in [0.717, 1.165) is 4.88 Å². The molecule has 0 aliphatic heterocycles. The van der Waals surface area contributed by atoms with E-state index in [1.807, 2.05) is 6.07 Å². The Kier molecular flexibility index (Phi) is 3.19. The third kappa shape index (κ3) is 2.60. The third-order valence-corrected chi connectivity index (χ3v) is 2.31. The van der Waals surface area contributed by atoms with E-state index in [9.17, 15) is 4.79 Å². The Morgan fingerprint density at radius 3 is 3.08 bits per heavy atom. The highest BCUT2D eigenvalue weighted by Gasteiger charge is 2.10. The molecular formula is C7H10N2O2S. The van der Waals surface area contributed by atoms with Gasteiger partial charge >= 0.3 is 5.97 Å². The highest BCUT2D eigenvalue weighted by Crippen LogP contribution is 2.08. The van der Waals surface area contributed by atoms with Gasteiger partial charge in [-0.05, 0) is 30.4 Å². The summed E-state index contributed by atoms with van der Waals surface area (Å²) in [6.07, 6.45) is 2.86. The Morgan fingerprint density at radius 2 is 2.58 bits per heavy atom. The van der Waals surface area contributed by atoms with Gasteiger partial charge in [-0.3, -0.25) is 4.79 Å². The predicted octanol–water partition coefficient (Wildman–Crippen LogP) is 0.488. The molecule has 0 aliphatic rings. The number of aromatic nitrogens is 1. The molecule has 0 aliphatic carbocycles. The van der Waals surface area contributed by atoms with Crippen LogP contribution in [0, 0.1) is 0 Å². The molecule has 0 saturated carbocycles. The number of aryl methyl sites for hydroxylation is 1. The molecule has 12 heavy (non-hydrogen) atoms. The molecular weight excluding hydrogens is 176 g/mol. The second-order valence-electron chi connectivity index (χ2n) is 2.46. The van der Waals surface area contributed by atoms with Crippen LogP contribution in [0.5, 0.6) is 0 Å². The first-order chi connectivity index (χ1) is 5.70. The minimum absolute atomic E-state index is 0.470. The summed E-state index contributed by atoms with van der Waals surface area (Å²) < 4.78 is 3.90. The fraction of sp³-hybridized carbons (Fsp3) is 0.429. The molecule has 1 heterocycles. The maximum Gasteiger partial charge on any atom is 0.320 e. The van der Waals surface area contributed by atoms with Crippen molar-refractivity contribution in [2.75, 3.05) is 0 Å². The van der Waals surface area contributed by atoms with Crippen molar-refractivity contribution in [2.45, 2.75) is 18.9 Å². The molecule has 0 saturated heterocycles. The summed E-state index contributed by atoms with van der Waals surface area (Å²) >= 11 is 1.38. The Labute approximate surface area is 74.2 Å². The molecule has 1 atom stereocenters. The van der Waals surface area contributed by atoms with Crippen molar-refractivity contribution in [1.29, 1.82) is 0 Å². The maximum atomic E-state index is 10.3. The number of aliphatic carboxylic acids is 1. The Hall–Kier alpha value is -0.940. The van der Waals surface area contributed by atoms with Gasteiger partial charge in [-0.25, -0.2) is 4.37 Å². The van der Waals surface area contributed by atoms with E-state index >= 15 is 0 Å². The standard InChI is InChI=1S/C7H10N2O2S/c8-6(7(10)11)2-1-5-3-4-9-12-5/h3-4,6H,1-2,8H2,(H,10,11). The van der Waals surface area contributed by atoms with E-state index in [1.165, 1.54) is 11.5 Å². The fourth-order valence-electron chi connectivity index (χ4n) is 0.792. The van der Waals surface area contributed by atoms with Gasteiger partial charge in [-0.1, -0.05) is 0 Å². The minimum Gasteiger partial charge on any atom is -0.480 e. The van der Waals surface area contributed by atoms with E-state index in [4.69, 9.17) is 10.8 Å². The lowest BCUT2D eigenvalue weighted by Gasteiger charge is -2.02. The van der Waals surface area contributed by atoms with Crippen molar-refractivity contribution in [3.05, 3.63) is 17.1 Å². The van der Waals surface area contributed by atoms with Crippen molar-refractivity contribution in [3.63, 3.8) is 0 Å². The molecule has 1 rings (SSSR count). The van der Waals surface area contributed by atoms with Crippen LogP contribution in [-0.2, 0) is 11.2 Å². The zero-order valence-electron chi connectivity index (χ0n) is 6.43. The number of carboxylic acid groups (broad SMARTS) is 1. The van der Waals surface area contributed by atoms with Gasteiger partial charge in [0, 0.05) is 11.1 Å². The average Bonchev–Trinajstić information content (AvgIpc) is 2.51. The number of hydrogen-bond acceptors (Lipinski definition) is 4. The lowest BCUT2D eigenvalue weighted by atomic mass is 10.1. The fourth-order valence-corrected chi connectivity index (χ4v) is 1.38. The molecule has 3 N–H and O–H groups in total. The van der Waals surface area contributed by atoms with E-state index in [-0.39, 0.29) is 0 Å². The molecule has 66 valence electrons. The van der Waals surface area contributed by atoms with Crippen LogP contribution in [0.1, 0.15) is 11.3 Å². The van der Waals surface area contributed by atoms with Gasteiger partial charge in [0.25, 0.3) is 0 Å². The first-order valence-corrected chi connectivity index (χ1v) is 4.35. The lowest BCUT2D eigenvalue weighted by Crippen LogP contribution is -2.30. The molecule has 0 fully saturated rings. The number of carboxylic acids is 1. The first kappa shape index (κ1) is 9.15. The number of hydrogen-bond donors (Lipinski definition) is 2. The van der Waals surface area contributed by atoms with Gasteiger partial charge in [0.2, 0.25) is 0 Å². The highest BCUT2D eigenvalue weighted by molar-refractivity contribution is 7.05. The van der Waals surface area contributed by atoms with Crippen LogP contribution in [-0.4, -0.2) is 21.5 Å². The SMILES string of the molecule is NC(CCc1ccns1)C(=O)O. The highest BCUT2D eigenvalue weighted by atomic mass is 32.1. The minimum atomic E-state index is -0.945. The molecule has 1 aromatic heterocycles. The number of carbonyl (C=O) groups is 1. The van der Waals surface area contributed by atoms with Crippen molar-refractivity contribution in [2.24, 2.45) is 5.73 Å². The average molecular weight is 186 g/mol. The molecule has 0 spiro atoms. The number of nitrogens with zero attached hydrogens (tertiary/aromatic N) is 1. The topological polar surface area (TPSA) is 76.2 Å². The van der Waals surface area contributed by atoms with Crippen molar-refractivity contribution >= 4 is 17.5 Å². The molecule has 4 nitrogen and oxygen atoms in total. The smallest absolute Gasteiger partial charge is 0.320 e. The van der Waals surface area contributed by atoms with Crippen LogP contribution in [0.3, 0.4) is 0 Å². The van der Waals surface area contributed by atoms with E-state index < -0.39 is 12.0 Å². The van der Waals surface area contributed by atoms with Crippen LogP contribution < -0.4 is 5.73 Å². The van der Waals surface area contributed by atoms with Crippen molar-refractivity contribution in [1.82, 2.24) is 4.37 Å². The summed E-state index contributed by atoms with van der Waals surface area (Å²) in [5.74, 6) is -0.945. The van der Waals surface area contributed by atoms with Gasteiger partial charge in [-0.15, -0.1) is 0 Å². The monoisotopic (exact) mass is 186 g/mol. The Balaban J connectivity index is 2.31. The van der Waals surface area contributed by atoms with Crippen LogP contribution >= 0.6 is 11.5 Å². The largest absolute Gasteiger partial charge is 0.480 e. The summed E-state index contributed by atoms with van der Waals surface area (Å²) in [5.41, 5.74) is 5.32. The summed E-state index contributed by atoms with van der Waals surface area (Å²) in [6.45, 7) is 0. The number of rotatable bonds is 4. The second-order valence-corrected chi connectivity index (χ2v) is 3.38. The van der Waals surface area contributed by atoms with Gasteiger partial charge in [-0.2, -0.15) is 0 Å². The second kappa shape index (κ2) is 4.18. The van der Waals surface area contributed by atoms with Crippen LogP contribution in [0.15, 0.2) is 12.3 Å². The Morgan fingerprint density at radius 1 is 1.83 bits per heavy atom. The van der Waals surface area contributed by atoms with Gasteiger partial charge in [0.15, 0.2) is 0 Å². The maximum absolute atomic E-state index is 10.3. The van der Waals surface area contributed by atoms with E-state index in [2.05, 4.69) is 4.37 Å². The van der Waals surface area contributed by atoms with Gasteiger partial charge in [0.1, 0.15) is 6.04 Å². The lowest BCUT2D eigenvalue weighted by molar-refractivity contribution is -0.138. The summed E-state index contributed by atoms with van der Waals surface area (Å²) in [6, 6.07) is 1.12. The molecule has 0 aromatic carbocycles. The normalized spacial score (nSPS) is 12.8. The van der Waals surface area contributed by atoms with E-state index in [0.29, 0.717) is 12.8 Å². The molecule has 5 heteroatoms. The van der Waals surface area contributed by atoms with Crippen molar-refractivity contribution in [3.8, 4) is 0 Å². The van der Waals surface area contributed by atoms with Gasteiger partial charge < -0.3 is 10.8 Å². The van der Waals surface area contributed by atoms with Crippen molar-refractivity contribution < 1.29 is 9.90 Å². The van der Waals surface area contributed by atoms with E-state index in [1.54, 1.807) is 6.20 Å². The van der Waals surface area contributed by atoms with Crippen LogP contribution in [0.4, 0.5) is 0 Å². The zero-order valence-corrected chi connectivity index (χ0v) is 7.25. The molecule has 0 bridgehead atoms. The van der Waals surface area contributed by atoms with Crippen LogP contribution in [0.2, 0.25) is 0 Å². The predicted molar refractivity (Wildman–Crippen MR) is 46.0 cm³/mol. The van der Waals surface area contributed by atoms with Crippen LogP contribution in [0.25, 0.3) is 0 Å². The number of nitrogens with two attached hydrogens (primary N) is 1. The zero-order chi connectivity index (χ0) is 8.97.